The Morgan fingerprint density at radius 2 is 1.96 bits per heavy atom. The van der Waals surface area contributed by atoms with E-state index in [4.69, 9.17) is 4.74 Å². The van der Waals surface area contributed by atoms with Crippen LogP contribution in [-0.4, -0.2) is 12.5 Å². The second-order valence-corrected chi connectivity index (χ2v) is 7.96. The molecule has 2 nitrogen and oxygen atoms in total. The van der Waals surface area contributed by atoms with E-state index in [0.29, 0.717) is 0 Å². The molecule has 0 spiro atoms. The van der Waals surface area contributed by atoms with Crippen LogP contribution in [0.15, 0.2) is 47.4 Å². The fourth-order valence-electron chi connectivity index (χ4n) is 4.04. The van der Waals surface area contributed by atoms with Crippen LogP contribution in [0.1, 0.15) is 31.0 Å². The summed E-state index contributed by atoms with van der Waals surface area (Å²) in [7, 11) is 1.76. The van der Waals surface area contributed by atoms with Crippen LogP contribution >= 0.6 is 11.8 Å². The largest absolute Gasteiger partial charge is 0.378 e. The molecule has 0 saturated heterocycles. The second kappa shape index (κ2) is 5.25. The van der Waals surface area contributed by atoms with Crippen molar-refractivity contribution >= 4 is 17.4 Å². The lowest BCUT2D eigenvalue weighted by atomic mass is 9.65. The van der Waals surface area contributed by atoms with Gasteiger partial charge in [0, 0.05) is 29.0 Å². The number of benzene rings is 2. The Morgan fingerprint density at radius 3 is 2.74 bits per heavy atom. The van der Waals surface area contributed by atoms with Crippen molar-refractivity contribution in [3.05, 3.63) is 59.4 Å². The smallest absolute Gasteiger partial charge is 0.123 e. The quantitative estimate of drug-likeness (QED) is 0.798. The molecule has 120 valence electrons. The summed E-state index contributed by atoms with van der Waals surface area (Å²) in [5.41, 5.74) is 3.21. The first-order valence-corrected chi connectivity index (χ1v) is 8.75. The predicted molar refractivity (Wildman–Crippen MR) is 92.4 cm³/mol. The van der Waals surface area contributed by atoms with Crippen LogP contribution < -0.4 is 5.32 Å². The summed E-state index contributed by atoms with van der Waals surface area (Å²) in [5, 5.41) is 3.64. The molecule has 2 heterocycles. The van der Waals surface area contributed by atoms with Crippen molar-refractivity contribution < 1.29 is 9.13 Å². The lowest BCUT2D eigenvalue weighted by molar-refractivity contribution is 0.0686. The van der Waals surface area contributed by atoms with Gasteiger partial charge in [-0.3, -0.25) is 0 Å². The molecule has 0 aliphatic carbocycles. The lowest BCUT2D eigenvalue weighted by Crippen LogP contribution is -2.48. The molecule has 2 aromatic carbocycles. The van der Waals surface area contributed by atoms with E-state index in [0.717, 1.165) is 11.3 Å². The molecule has 0 bridgehead atoms. The van der Waals surface area contributed by atoms with Gasteiger partial charge in [-0.2, -0.15) is 0 Å². The van der Waals surface area contributed by atoms with Crippen LogP contribution in [0.5, 0.6) is 0 Å². The van der Waals surface area contributed by atoms with E-state index in [9.17, 15) is 4.39 Å². The van der Waals surface area contributed by atoms with Crippen molar-refractivity contribution in [2.24, 2.45) is 5.92 Å². The number of anilines is 1. The number of fused-ring (bicyclic) bond motifs is 4. The van der Waals surface area contributed by atoms with Gasteiger partial charge < -0.3 is 10.1 Å². The van der Waals surface area contributed by atoms with E-state index in [1.165, 1.54) is 16.5 Å². The molecule has 4 heteroatoms. The number of hydrogen-bond donors (Lipinski definition) is 1. The van der Waals surface area contributed by atoms with Crippen LogP contribution in [0.3, 0.4) is 0 Å². The summed E-state index contributed by atoms with van der Waals surface area (Å²) in [4.78, 5) is 1.26. The maximum Gasteiger partial charge on any atom is 0.123 e. The highest BCUT2D eigenvalue weighted by Crippen LogP contribution is 2.57. The normalized spacial score (nSPS) is 27.4. The molecule has 1 unspecified atom stereocenters. The summed E-state index contributed by atoms with van der Waals surface area (Å²) in [6.45, 7) is 4.40. The molecule has 1 N–H and O–H groups in total. The average molecular weight is 329 g/mol. The highest BCUT2D eigenvalue weighted by Gasteiger charge is 2.50. The first kappa shape index (κ1) is 15.0. The van der Waals surface area contributed by atoms with Crippen molar-refractivity contribution in [2.75, 3.05) is 12.4 Å². The maximum atomic E-state index is 13.8. The first-order valence-electron chi connectivity index (χ1n) is 7.87. The third-order valence-corrected chi connectivity index (χ3v) is 6.55. The molecule has 0 saturated carbocycles. The minimum atomic E-state index is -0.186. The molecular formula is C19H20FNOS. The minimum absolute atomic E-state index is 0.0359. The molecule has 3 atom stereocenters. The van der Waals surface area contributed by atoms with Crippen LogP contribution in [-0.2, 0) is 10.2 Å². The number of hydrogen-bond acceptors (Lipinski definition) is 3. The Bertz CT molecular complexity index is 761. The first-order chi connectivity index (χ1) is 11.0. The van der Waals surface area contributed by atoms with Gasteiger partial charge >= 0.3 is 0 Å². The van der Waals surface area contributed by atoms with Gasteiger partial charge in [-0.05, 0) is 35.4 Å². The van der Waals surface area contributed by atoms with Crippen LogP contribution in [0, 0.1) is 11.7 Å². The standard InChI is InChI=1S/C19H20FNOS/c1-19(2)13-10-11(20)8-9-14(13)21-17-12-6-4-5-7-15(12)23-18(22-3)16(17)19/h4-10,16-18,21H,1-3H3/t16-,17-,18?/m1/s1. The Balaban J connectivity index is 1.91. The monoisotopic (exact) mass is 329 g/mol. The number of nitrogens with one attached hydrogen (secondary N) is 1. The van der Waals surface area contributed by atoms with Crippen molar-refractivity contribution in [3.63, 3.8) is 0 Å². The highest BCUT2D eigenvalue weighted by atomic mass is 32.2. The Labute approximate surface area is 140 Å². The van der Waals surface area contributed by atoms with Gasteiger partial charge in [-0.25, -0.2) is 4.39 Å². The summed E-state index contributed by atoms with van der Waals surface area (Å²) >= 11 is 1.77. The zero-order valence-corrected chi connectivity index (χ0v) is 14.3. The van der Waals surface area contributed by atoms with Gasteiger partial charge in [0.25, 0.3) is 0 Å². The van der Waals surface area contributed by atoms with Gasteiger partial charge in [0.1, 0.15) is 11.3 Å². The Hall–Kier alpha value is -1.52. The SMILES string of the molecule is COC1Sc2ccccc2[C@H]2Nc3ccc(F)cc3C(C)(C)[C@@H]12. The molecule has 0 aromatic heterocycles. The highest BCUT2D eigenvalue weighted by molar-refractivity contribution is 7.99. The van der Waals surface area contributed by atoms with E-state index in [-0.39, 0.29) is 28.6 Å². The Kier molecular flexibility index (Phi) is 3.43. The van der Waals surface area contributed by atoms with Crippen LogP contribution in [0.2, 0.25) is 0 Å². The topological polar surface area (TPSA) is 21.3 Å². The van der Waals surface area contributed by atoms with Gasteiger partial charge in [0.05, 0.1) is 6.04 Å². The van der Waals surface area contributed by atoms with Crippen molar-refractivity contribution in [1.82, 2.24) is 0 Å². The van der Waals surface area contributed by atoms with E-state index in [2.05, 4.69) is 43.4 Å². The van der Waals surface area contributed by atoms with Crippen LogP contribution in [0.25, 0.3) is 0 Å². The number of thioether (sulfide) groups is 1. The third kappa shape index (κ3) is 2.19. The molecule has 2 aliphatic heterocycles. The number of halogens is 1. The molecule has 2 aliphatic rings. The average Bonchev–Trinajstić information content (AvgIpc) is 2.55. The molecule has 0 fully saturated rings. The van der Waals surface area contributed by atoms with E-state index in [1.807, 2.05) is 6.07 Å². The zero-order chi connectivity index (χ0) is 16.2. The molecule has 4 rings (SSSR count). The fraction of sp³-hybridized carbons (Fsp3) is 0.368. The second-order valence-electron chi connectivity index (χ2n) is 6.82. The Morgan fingerprint density at radius 1 is 1.17 bits per heavy atom. The van der Waals surface area contributed by atoms with Gasteiger partial charge in [-0.15, -0.1) is 0 Å². The number of rotatable bonds is 1. The zero-order valence-electron chi connectivity index (χ0n) is 13.5. The molecule has 0 radical (unpaired) electrons. The summed E-state index contributed by atoms with van der Waals surface area (Å²) < 4.78 is 19.6. The van der Waals surface area contributed by atoms with E-state index in [1.54, 1.807) is 24.9 Å². The van der Waals surface area contributed by atoms with Crippen LogP contribution in [0.4, 0.5) is 10.1 Å². The lowest BCUT2D eigenvalue weighted by Gasteiger charge is -2.51. The van der Waals surface area contributed by atoms with Crippen molar-refractivity contribution in [2.45, 2.75) is 35.6 Å². The van der Waals surface area contributed by atoms with Gasteiger partial charge in [0.2, 0.25) is 0 Å². The number of ether oxygens (including phenoxy) is 1. The van der Waals surface area contributed by atoms with Crippen molar-refractivity contribution in [1.29, 1.82) is 0 Å². The summed E-state index contributed by atoms with van der Waals surface area (Å²) in [5.74, 6) is 0.0385. The third-order valence-electron chi connectivity index (χ3n) is 5.20. The predicted octanol–water partition coefficient (Wildman–Crippen LogP) is 4.96. The molecule has 0 amide bonds. The van der Waals surface area contributed by atoms with E-state index < -0.39 is 0 Å². The van der Waals surface area contributed by atoms with Crippen molar-refractivity contribution in [3.8, 4) is 0 Å². The van der Waals surface area contributed by atoms with Gasteiger partial charge in [-0.1, -0.05) is 43.8 Å². The fourth-order valence-corrected chi connectivity index (χ4v) is 5.51. The molecule has 2 aromatic rings. The molecule has 23 heavy (non-hydrogen) atoms. The summed E-state index contributed by atoms with van der Waals surface area (Å²) in [6.07, 6.45) is 0. The minimum Gasteiger partial charge on any atom is -0.378 e. The number of methoxy groups -OCH3 is 1. The molecular weight excluding hydrogens is 309 g/mol. The summed E-state index contributed by atoms with van der Waals surface area (Å²) in [6, 6.07) is 13.7. The maximum absolute atomic E-state index is 13.8. The van der Waals surface area contributed by atoms with E-state index >= 15 is 0 Å². The van der Waals surface area contributed by atoms with Gasteiger partial charge in [0.15, 0.2) is 0 Å².